The maximum atomic E-state index is 5.17. The van der Waals surface area contributed by atoms with E-state index in [9.17, 15) is 0 Å². The zero-order valence-electron chi connectivity index (χ0n) is 10.9. The SMILES string of the molecule is CCNC(CCCOC)C1CC2CCC1C2. The highest BCUT2D eigenvalue weighted by atomic mass is 16.5. The van der Waals surface area contributed by atoms with Gasteiger partial charge in [0.2, 0.25) is 0 Å². The van der Waals surface area contributed by atoms with Crippen molar-refractivity contribution in [2.45, 2.75) is 51.5 Å². The highest BCUT2D eigenvalue weighted by molar-refractivity contribution is 4.95. The van der Waals surface area contributed by atoms with Gasteiger partial charge in [-0.1, -0.05) is 13.3 Å². The van der Waals surface area contributed by atoms with Gasteiger partial charge in [0, 0.05) is 19.8 Å². The van der Waals surface area contributed by atoms with Gasteiger partial charge >= 0.3 is 0 Å². The van der Waals surface area contributed by atoms with Crippen molar-refractivity contribution in [1.29, 1.82) is 0 Å². The molecule has 2 saturated carbocycles. The summed E-state index contributed by atoms with van der Waals surface area (Å²) in [7, 11) is 1.81. The van der Waals surface area contributed by atoms with E-state index in [0.29, 0.717) is 0 Å². The van der Waals surface area contributed by atoms with Crippen molar-refractivity contribution in [2.24, 2.45) is 17.8 Å². The molecule has 0 amide bonds. The molecule has 0 aromatic carbocycles. The lowest BCUT2D eigenvalue weighted by atomic mass is 9.81. The highest BCUT2D eigenvalue weighted by Gasteiger charge is 2.42. The second-order valence-electron chi connectivity index (χ2n) is 5.64. The van der Waals surface area contributed by atoms with E-state index in [0.717, 1.165) is 36.9 Å². The Morgan fingerprint density at radius 3 is 2.75 bits per heavy atom. The first-order valence-electron chi connectivity index (χ1n) is 7.07. The standard InChI is InChI=1S/C14H27NO/c1-3-15-14(5-4-8-16-2)13-10-11-6-7-12(13)9-11/h11-15H,3-10H2,1-2H3. The predicted octanol–water partition coefficient (Wildman–Crippen LogP) is 2.83. The summed E-state index contributed by atoms with van der Waals surface area (Å²) in [5.41, 5.74) is 0. The van der Waals surface area contributed by atoms with Gasteiger partial charge in [0.15, 0.2) is 0 Å². The van der Waals surface area contributed by atoms with Crippen LogP contribution in [0.3, 0.4) is 0 Å². The molecule has 94 valence electrons. The van der Waals surface area contributed by atoms with Crippen LogP contribution in [-0.2, 0) is 4.74 Å². The summed E-state index contributed by atoms with van der Waals surface area (Å²) in [6, 6.07) is 0.760. The maximum Gasteiger partial charge on any atom is 0.0462 e. The van der Waals surface area contributed by atoms with Crippen LogP contribution in [0.25, 0.3) is 0 Å². The van der Waals surface area contributed by atoms with Crippen molar-refractivity contribution in [3.05, 3.63) is 0 Å². The monoisotopic (exact) mass is 225 g/mol. The van der Waals surface area contributed by atoms with Crippen molar-refractivity contribution in [2.75, 3.05) is 20.3 Å². The summed E-state index contributed by atoms with van der Waals surface area (Å²) in [4.78, 5) is 0. The third-order valence-electron chi connectivity index (χ3n) is 4.64. The third kappa shape index (κ3) is 2.78. The zero-order chi connectivity index (χ0) is 11.4. The van der Waals surface area contributed by atoms with E-state index in [1.165, 1.54) is 38.5 Å². The van der Waals surface area contributed by atoms with E-state index >= 15 is 0 Å². The van der Waals surface area contributed by atoms with E-state index in [4.69, 9.17) is 4.74 Å². The van der Waals surface area contributed by atoms with Gasteiger partial charge in [-0.15, -0.1) is 0 Å². The van der Waals surface area contributed by atoms with Gasteiger partial charge in [0.1, 0.15) is 0 Å². The van der Waals surface area contributed by atoms with Crippen LogP contribution < -0.4 is 5.32 Å². The van der Waals surface area contributed by atoms with Gasteiger partial charge in [-0.2, -0.15) is 0 Å². The van der Waals surface area contributed by atoms with Gasteiger partial charge in [-0.05, 0) is 56.4 Å². The molecule has 2 bridgehead atoms. The van der Waals surface area contributed by atoms with Crippen molar-refractivity contribution in [1.82, 2.24) is 5.32 Å². The molecule has 2 rings (SSSR count). The molecule has 2 fully saturated rings. The molecule has 4 atom stereocenters. The molecule has 0 heterocycles. The van der Waals surface area contributed by atoms with Crippen molar-refractivity contribution >= 4 is 0 Å². The Kier molecular flexibility index (Phi) is 4.66. The predicted molar refractivity (Wildman–Crippen MR) is 67.5 cm³/mol. The van der Waals surface area contributed by atoms with Gasteiger partial charge in [-0.3, -0.25) is 0 Å². The molecular formula is C14H27NO. The number of hydrogen-bond donors (Lipinski definition) is 1. The molecule has 0 aliphatic heterocycles. The number of hydrogen-bond acceptors (Lipinski definition) is 2. The van der Waals surface area contributed by atoms with Crippen LogP contribution in [0.5, 0.6) is 0 Å². The molecule has 0 aromatic rings. The van der Waals surface area contributed by atoms with E-state index in [1.807, 2.05) is 0 Å². The molecule has 0 aromatic heterocycles. The van der Waals surface area contributed by atoms with E-state index < -0.39 is 0 Å². The highest BCUT2D eigenvalue weighted by Crippen LogP contribution is 2.50. The van der Waals surface area contributed by atoms with Crippen LogP contribution in [0, 0.1) is 17.8 Å². The van der Waals surface area contributed by atoms with Crippen LogP contribution >= 0.6 is 0 Å². The molecule has 1 N–H and O–H groups in total. The molecule has 0 radical (unpaired) electrons. The summed E-state index contributed by atoms with van der Waals surface area (Å²) in [6.07, 6.45) is 8.55. The van der Waals surface area contributed by atoms with Crippen LogP contribution in [0.1, 0.15) is 45.4 Å². The first-order chi connectivity index (χ1) is 7.85. The zero-order valence-corrected chi connectivity index (χ0v) is 10.9. The Balaban J connectivity index is 1.81. The molecule has 2 aliphatic rings. The Morgan fingerprint density at radius 2 is 2.19 bits per heavy atom. The van der Waals surface area contributed by atoms with Gasteiger partial charge in [0.25, 0.3) is 0 Å². The van der Waals surface area contributed by atoms with E-state index in [-0.39, 0.29) is 0 Å². The minimum atomic E-state index is 0.760. The summed E-state index contributed by atoms with van der Waals surface area (Å²) in [5.74, 6) is 3.07. The molecule has 4 unspecified atom stereocenters. The van der Waals surface area contributed by atoms with Crippen molar-refractivity contribution < 1.29 is 4.74 Å². The molecule has 0 saturated heterocycles. The van der Waals surface area contributed by atoms with Crippen LogP contribution in [0.15, 0.2) is 0 Å². The van der Waals surface area contributed by atoms with E-state index in [2.05, 4.69) is 12.2 Å². The van der Waals surface area contributed by atoms with E-state index in [1.54, 1.807) is 7.11 Å². The lowest BCUT2D eigenvalue weighted by molar-refractivity contribution is 0.174. The molecule has 2 nitrogen and oxygen atoms in total. The topological polar surface area (TPSA) is 21.3 Å². The molecular weight excluding hydrogens is 198 g/mol. The van der Waals surface area contributed by atoms with Crippen molar-refractivity contribution in [3.63, 3.8) is 0 Å². The number of nitrogens with one attached hydrogen (secondary N) is 1. The lowest BCUT2D eigenvalue weighted by Gasteiger charge is -2.31. The quantitative estimate of drug-likeness (QED) is 0.673. The summed E-state index contributed by atoms with van der Waals surface area (Å²) in [5, 5.41) is 3.71. The Bertz CT molecular complexity index is 207. The van der Waals surface area contributed by atoms with Crippen LogP contribution in [0.4, 0.5) is 0 Å². The Labute approximate surface area is 100 Å². The Morgan fingerprint density at radius 1 is 1.31 bits per heavy atom. The minimum absolute atomic E-state index is 0.760. The molecule has 2 aliphatic carbocycles. The second kappa shape index (κ2) is 6.02. The molecule has 0 spiro atoms. The van der Waals surface area contributed by atoms with Gasteiger partial charge in [0.05, 0.1) is 0 Å². The number of fused-ring (bicyclic) bond motifs is 2. The number of methoxy groups -OCH3 is 1. The van der Waals surface area contributed by atoms with Crippen LogP contribution in [-0.4, -0.2) is 26.3 Å². The molecule has 2 heteroatoms. The van der Waals surface area contributed by atoms with Crippen molar-refractivity contribution in [3.8, 4) is 0 Å². The largest absolute Gasteiger partial charge is 0.385 e. The first-order valence-corrected chi connectivity index (χ1v) is 7.07. The van der Waals surface area contributed by atoms with Gasteiger partial charge < -0.3 is 10.1 Å². The Hall–Kier alpha value is -0.0800. The minimum Gasteiger partial charge on any atom is -0.385 e. The fraction of sp³-hybridized carbons (Fsp3) is 1.00. The summed E-state index contributed by atoms with van der Waals surface area (Å²) >= 11 is 0. The average molecular weight is 225 g/mol. The third-order valence-corrected chi connectivity index (χ3v) is 4.64. The fourth-order valence-electron chi connectivity index (χ4n) is 3.96. The fourth-order valence-corrected chi connectivity index (χ4v) is 3.96. The normalized spacial score (nSPS) is 34.5. The first kappa shape index (κ1) is 12.4. The smallest absolute Gasteiger partial charge is 0.0462 e. The summed E-state index contributed by atoms with van der Waals surface area (Å²) < 4.78 is 5.17. The summed E-state index contributed by atoms with van der Waals surface area (Å²) in [6.45, 7) is 4.27. The number of ether oxygens (including phenoxy) is 1. The lowest BCUT2D eigenvalue weighted by Crippen LogP contribution is -2.38. The molecule has 16 heavy (non-hydrogen) atoms. The van der Waals surface area contributed by atoms with Gasteiger partial charge in [-0.25, -0.2) is 0 Å². The van der Waals surface area contributed by atoms with Crippen LogP contribution in [0.2, 0.25) is 0 Å². The second-order valence-corrected chi connectivity index (χ2v) is 5.64. The average Bonchev–Trinajstić information content (AvgIpc) is 2.90. The number of rotatable bonds is 7. The maximum absolute atomic E-state index is 5.17.